The molecule has 1 aliphatic heterocycles. The van der Waals surface area contributed by atoms with Crippen LogP contribution in [0.2, 0.25) is 0 Å². The molecule has 0 aromatic carbocycles. The highest BCUT2D eigenvalue weighted by Crippen LogP contribution is 2.12. The Hall–Kier alpha value is -0.890. The zero-order valence-corrected chi connectivity index (χ0v) is 7.38. The number of fused-ring (bicyclic) bond motifs is 1. The van der Waals surface area contributed by atoms with E-state index in [0.717, 1.165) is 19.4 Å². The second-order valence-electron chi connectivity index (χ2n) is 3.45. The van der Waals surface area contributed by atoms with Crippen LogP contribution in [-0.2, 0) is 12.8 Å². The molecule has 2 heteroatoms. The Morgan fingerprint density at radius 2 is 2.42 bits per heavy atom. The summed E-state index contributed by atoms with van der Waals surface area (Å²) in [6, 6.07) is 2.73. The Morgan fingerprint density at radius 1 is 1.50 bits per heavy atom. The quantitative estimate of drug-likeness (QED) is 0.619. The van der Waals surface area contributed by atoms with Gasteiger partial charge in [-0.25, -0.2) is 0 Å². The average molecular weight is 162 g/mol. The number of hydrogen-bond acceptors (Lipinski definition) is 2. The molecule has 2 nitrogen and oxygen atoms in total. The van der Waals surface area contributed by atoms with Crippen LogP contribution in [0.3, 0.4) is 0 Å². The first-order chi connectivity index (χ1) is 5.86. The summed E-state index contributed by atoms with van der Waals surface area (Å²) >= 11 is 0. The van der Waals surface area contributed by atoms with Crippen LogP contribution >= 0.6 is 0 Å². The van der Waals surface area contributed by atoms with E-state index < -0.39 is 0 Å². The molecule has 0 saturated heterocycles. The number of hydrogen-bond donors (Lipinski definition) is 1. The van der Waals surface area contributed by atoms with E-state index in [2.05, 4.69) is 23.3 Å². The standard InChI is InChI=1S/C10H14N2/c1-8-6-10-7-11-4-2-9(10)3-5-12-8/h2,4,7-8,12H,3,5-6H2,1H3. The van der Waals surface area contributed by atoms with E-state index in [1.807, 2.05) is 12.4 Å². The number of nitrogens with zero attached hydrogens (tertiary/aromatic N) is 1. The molecule has 1 aromatic heterocycles. The largest absolute Gasteiger partial charge is 0.314 e. The monoisotopic (exact) mass is 162 g/mol. The second kappa shape index (κ2) is 3.23. The zero-order chi connectivity index (χ0) is 8.39. The van der Waals surface area contributed by atoms with Gasteiger partial charge in [0.1, 0.15) is 0 Å². The van der Waals surface area contributed by atoms with Crippen molar-refractivity contribution in [3.05, 3.63) is 29.6 Å². The van der Waals surface area contributed by atoms with Crippen molar-refractivity contribution >= 4 is 0 Å². The van der Waals surface area contributed by atoms with E-state index in [0.29, 0.717) is 6.04 Å². The van der Waals surface area contributed by atoms with Gasteiger partial charge >= 0.3 is 0 Å². The molecule has 0 fully saturated rings. The maximum absolute atomic E-state index is 4.15. The minimum absolute atomic E-state index is 0.593. The molecular weight excluding hydrogens is 148 g/mol. The predicted octanol–water partition coefficient (Wildman–Crippen LogP) is 1.16. The normalized spacial score (nSPS) is 22.9. The number of rotatable bonds is 0. The lowest BCUT2D eigenvalue weighted by atomic mass is 10.0. The summed E-state index contributed by atoms with van der Waals surface area (Å²) in [5, 5.41) is 3.46. The summed E-state index contributed by atoms with van der Waals surface area (Å²) in [6.07, 6.45) is 6.14. The van der Waals surface area contributed by atoms with Gasteiger partial charge in [-0.05, 0) is 43.5 Å². The van der Waals surface area contributed by atoms with Gasteiger partial charge in [0.15, 0.2) is 0 Å². The first-order valence-corrected chi connectivity index (χ1v) is 4.51. The molecule has 1 N–H and O–H groups in total. The molecule has 64 valence electrons. The SMILES string of the molecule is CC1Cc2cnccc2CCN1. The Morgan fingerprint density at radius 3 is 3.33 bits per heavy atom. The summed E-state index contributed by atoms with van der Waals surface area (Å²) in [6.45, 7) is 3.32. The zero-order valence-electron chi connectivity index (χ0n) is 7.38. The van der Waals surface area contributed by atoms with Crippen LogP contribution in [0.5, 0.6) is 0 Å². The third-order valence-electron chi connectivity index (χ3n) is 2.42. The Labute approximate surface area is 73.0 Å². The van der Waals surface area contributed by atoms with Crippen molar-refractivity contribution < 1.29 is 0 Å². The molecule has 12 heavy (non-hydrogen) atoms. The molecular formula is C10H14N2. The maximum atomic E-state index is 4.15. The van der Waals surface area contributed by atoms with Crippen LogP contribution in [-0.4, -0.2) is 17.6 Å². The number of aromatic nitrogens is 1. The number of pyridine rings is 1. The molecule has 2 heterocycles. The third kappa shape index (κ3) is 1.48. The highest BCUT2D eigenvalue weighted by molar-refractivity contribution is 5.25. The Kier molecular flexibility index (Phi) is 2.09. The van der Waals surface area contributed by atoms with E-state index in [4.69, 9.17) is 0 Å². The van der Waals surface area contributed by atoms with E-state index in [9.17, 15) is 0 Å². The summed E-state index contributed by atoms with van der Waals surface area (Å²) in [5.74, 6) is 0. The molecule has 0 saturated carbocycles. The third-order valence-corrected chi connectivity index (χ3v) is 2.42. The van der Waals surface area contributed by atoms with Gasteiger partial charge in [0.25, 0.3) is 0 Å². The number of nitrogens with one attached hydrogen (secondary N) is 1. The van der Waals surface area contributed by atoms with Crippen molar-refractivity contribution in [2.45, 2.75) is 25.8 Å². The van der Waals surface area contributed by atoms with Crippen molar-refractivity contribution in [3.63, 3.8) is 0 Å². The van der Waals surface area contributed by atoms with Crippen molar-refractivity contribution in [2.24, 2.45) is 0 Å². The fourth-order valence-electron chi connectivity index (χ4n) is 1.74. The van der Waals surface area contributed by atoms with Gasteiger partial charge in [-0.2, -0.15) is 0 Å². The summed E-state index contributed by atoms with van der Waals surface area (Å²) < 4.78 is 0. The van der Waals surface area contributed by atoms with Gasteiger partial charge in [0.05, 0.1) is 0 Å². The van der Waals surface area contributed by atoms with Gasteiger partial charge in [-0.3, -0.25) is 4.98 Å². The van der Waals surface area contributed by atoms with E-state index in [-0.39, 0.29) is 0 Å². The molecule has 0 spiro atoms. The van der Waals surface area contributed by atoms with Gasteiger partial charge < -0.3 is 5.32 Å². The molecule has 0 radical (unpaired) electrons. The molecule has 1 atom stereocenters. The topological polar surface area (TPSA) is 24.9 Å². The fourth-order valence-corrected chi connectivity index (χ4v) is 1.74. The van der Waals surface area contributed by atoms with Crippen molar-refractivity contribution in [1.29, 1.82) is 0 Å². The Bertz CT molecular complexity index is 270. The van der Waals surface area contributed by atoms with Crippen LogP contribution in [0, 0.1) is 0 Å². The van der Waals surface area contributed by atoms with Crippen LogP contribution in [0.4, 0.5) is 0 Å². The molecule has 1 unspecified atom stereocenters. The molecule has 0 bridgehead atoms. The van der Waals surface area contributed by atoms with Crippen molar-refractivity contribution in [3.8, 4) is 0 Å². The first kappa shape index (κ1) is 7.74. The minimum atomic E-state index is 0.593. The van der Waals surface area contributed by atoms with Gasteiger partial charge in [0, 0.05) is 18.4 Å². The Balaban J connectivity index is 2.31. The minimum Gasteiger partial charge on any atom is -0.314 e. The predicted molar refractivity (Wildman–Crippen MR) is 49.1 cm³/mol. The van der Waals surface area contributed by atoms with Gasteiger partial charge in [0.2, 0.25) is 0 Å². The summed E-state index contributed by atoms with van der Waals surface area (Å²) in [5.41, 5.74) is 2.87. The highest BCUT2D eigenvalue weighted by Gasteiger charge is 2.11. The maximum Gasteiger partial charge on any atom is 0.0303 e. The van der Waals surface area contributed by atoms with E-state index in [1.54, 1.807) is 0 Å². The van der Waals surface area contributed by atoms with Crippen LogP contribution in [0.1, 0.15) is 18.1 Å². The lowest BCUT2D eigenvalue weighted by molar-refractivity contribution is 0.567. The molecule has 0 aliphatic carbocycles. The smallest absolute Gasteiger partial charge is 0.0303 e. The van der Waals surface area contributed by atoms with Gasteiger partial charge in [-0.1, -0.05) is 0 Å². The van der Waals surface area contributed by atoms with Gasteiger partial charge in [-0.15, -0.1) is 0 Å². The molecule has 2 rings (SSSR count). The molecule has 1 aliphatic rings. The summed E-state index contributed by atoms with van der Waals surface area (Å²) in [4.78, 5) is 4.15. The molecule has 0 amide bonds. The van der Waals surface area contributed by atoms with E-state index in [1.165, 1.54) is 11.1 Å². The van der Waals surface area contributed by atoms with Crippen LogP contribution in [0.25, 0.3) is 0 Å². The van der Waals surface area contributed by atoms with E-state index >= 15 is 0 Å². The fraction of sp³-hybridized carbons (Fsp3) is 0.500. The average Bonchev–Trinajstić information content (AvgIpc) is 2.25. The molecule has 1 aromatic rings. The first-order valence-electron chi connectivity index (χ1n) is 4.51. The van der Waals surface area contributed by atoms with Crippen molar-refractivity contribution in [2.75, 3.05) is 6.54 Å². The lowest BCUT2D eigenvalue weighted by Crippen LogP contribution is -2.27. The summed E-state index contributed by atoms with van der Waals surface area (Å²) in [7, 11) is 0. The highest BCUT2D eigenvalue weighted by atomic mass is 14.9. The second-order valence-corrected chi connectivity index (χ2v) is 3.45. The lowest BCUT2D eigenvalue weighted by Gasteiger charge is -2.08. The van der Waals surface area contributed by atoms with Crippen molar-refractivity contribution in [1.82, 2.24) is 10.3 Å². The van der Waals surface area contributed by atoms with Crippen LogP contribution in [0.15, 0.2) is 18.5 Å². The van der Waals surface area contributed by atoms with Crippen LogP contribution < -0.4 is 5.32 Å².